The fourth-order valence-electron chi connectivity index (χ4n) is 2.16. The van der Waals surface area contributed by atoms with Crippen LogP contribution in [0.1, 0.15) is 24.3 Å². The first kappa shape index (κ1) is 14.8. The monoisotopic (exact) mass is 298 g/mol. The molecule has 0 aliphatic carbocycles. The lowest BCUT2D eigenvalue weighted by Crippen LogP contribution is -2.43. The van der Waals surface area contributed by atoms with Gasteiger partial charge in [0.2, 0.25) is 0 Å². The number of hydrogen-bond donors (Lipinski definition) is 3. The number of carbonyl (C=O) groups excluding carboxylic acids is 1. The SMILES string of the molecule is CC1OCCC1CNC(=O)NC(C(=O)O)c1cccs1. The van der Waals surface area contributed by atoms with Crippen molar-refractivity contribution in [1.29, 1.82) is 0 Å². The third kappa shape index (κ3) is 3.71. The molecule has 0 radical (unpaired) electrons. The average Bonchev–Trinajstić information content (AvgIpc) is 3.04. The van der Waals surface area contributed by atoms with E-state index < -0.39 is 18.0 Å². The first-order valence-electron chi connectivity index (χ1n) is 6.50. The van der Waals surface area contributed by atoms with E-state index in [0.717, 1.165) is 6.42 Å². The Kier molecular flexibility index (Phi) is 4.97. The Morgan fingerprint density at radius 1 is 1.60 bits per heavy atom. The minimum atomic E-state index is -1.07. The molecule has 1 aromatic heterocycles. The summed E-state index contributed by atoms with van der Waals surface area (Å²) in [7, 11) is 0. The van der Waals surface area contributed by atoms with Crippen LogP contribution in [0.2, 0.25) is 0 Å². The Labute approximate surface area is 121 Å². The summed E-state index contributed by atoms with van der Waals surface area (Å²) in [6, 6.07) is 1.97. The summed E-state index contributed by atoms with van der Waals surface area (Å²) in [5.74, 6) is -0.786. The highest BCUT2D eigenvalue weighted by Crippen LogP contribution is 2.20. The Morgan fingerprint density at radius 3 is 2.95 bits per heavy atom. The molecule has 3 unspecified atom stereocenters. The molecule has 0 saturated carbocycles. The van der Waals surface area contributed by atoms with Crippen molar-refractivity contribution in [2.75, 3.05) is 13.2 Å². The minimum Gasteiger partial charge on any atom is -0.479 e. The first-order chi connectivity index (χ1) is 9.58. The zero-order chi connectivity index (χ0) is 14.5. The van der Waals surface area contributed by atoms with Crippen LogP contribution in [0.5, 0.6) is 0 Å². The highest BCUT2D eigenvalue weighted by atomic mass is 32.1. The van der Waals surface area contributed by atoms with Gasteiger partial charge in [-0.15, -0.1) is 11.3 Å². The van der Waals surface area contributed by atoms with Gasteiger partial charge in [-0.3, -0.25) is 0 Å². The number of nitrogens with one attached hydrogen (secondary N) is 2. The number of carboxylic acids is 1. The normalized spacial score (nSPS) is 23.2. The van der Waals surface area contributed by atoms with Crippen molar-refractivity contribution in [2.24, 2.45) is 5.92 Å². The molecular formula is C13H18N2O4S. The molecule has 2 heterocycles. The van der Waals surface area contributed by atoms with Gasteiger partial charge in [0.1, 0.15) is 0 Å². The predicted octanol–water partition coefficient (Wildman–Crippen LogP) is 1.60. The van der Waals surface area contributed by atoms with Crippen LogP contribution < -0.4 is 10.6 Å². The summed E-state index contributed by atoms with van der Waals surface area (Å²) in [4.78, 5) is 23.6. The molecule has 0 aromatic carbocycles. The molecule has 3 atom stereocenters. The molecule has 20 heavy (non-hydrogen) atoms. The van der Waals surface area contributed by atoms with Crippen LogP contribution in [-0.4, -0.2) is 36.4 Å². The van der Waals surface area contributed by atoms with Crippen LogP contribution in [0.3, 0.4) is 0 Å². The maximum Gasteiger partial charge on any atom is 0.331 e. The van der Waals surface area contributed by atoms with Crippen LogP contribution in [0.4, 0.5) is 4.79 Å². The standard InChI is InChI=1S/C13H18N2O4S/c1-8-9(4-5-19-8)7-14-13(18)15-11(12(16)17)10-3-2-6-20-10/h2-3,6,8-9,11H,4-5,7H2,1H3,(H,16,17)(H2,14,15,18). The molecule has 6 nitrogen and oxygen atoms in total. The second-order valence-electron chi connectivity index (χ2n) is 4.77. The van der Waals surface area contributed by atoms with Gasteiger partial charge in [-0.2, -0.15) is 0 Å². The van der Waals surface area contributed by atoms with Crippen molar-refractivity contribution in [2.45, 2.75) is 25.5 Å². The number of carboxylic acid groups (broad SMARTS) is 1. The van der Waals surface area contributed by atoms with E-state index in [9.17, 15) is 9.59 Å². The van der Waals surface area contributed by atoms with Gasteiger partial charge in [-0.25, -0.2) is 9.59 Å². The van der Waals surface area contributed by atoms with Crippen LogP contribution in [0, 0.1) is 5.92 Å². The van der Waals surface area contributed by atoms with Gasteiger partial charge in [-0.05, 0) is 24.8 Å². The largest absolute Gasteiger partial charge is 0.479 e. The number of carbonyl (C=O) groups is 2. The van der Waals surface area contributed by atoms with E-state index in [1.165, 1.54) is 11.3 Å². The summed E-state index contributed by atoms with van der Waals surface area (Å²) in [5.41, 5.74) is 0. The molecule has 0 spiro atoms. The van der Waals surface area contributed by atoms with Crippen LogP contribution in [-0.2, 0) is 9.53 Å². The molecule has 3 N–H and O–H groups in total. The molecule has 1 saturated heterocycles. The van der Waals surface area contributed by atoms with E-state index in [1.54, 1.807) is 17.5 Å². The van der Waals surface area contributed by atoms with Crippen LogP contribution in [0.25, 0.3) is 0 Å². The van der Waals surface area contributed by atoms with E-state index in [4.69, 9.17) is 9.84 Å². The number of aliphatic carboxylic acids is 1. The lowest BCUT2D eigenvalue weighted by atomic mass is 10.0. The summed E-state index contributed by atoms with van der Waals surface area (Å²) < 4.78 is 5.41. The van der Waals surface area contributed by atoms with Crippen molar-refractivity contribution < 1.29 is 19.4 Å². The maximum absolute atomic E-state index is 11.8. The second kappa shape index (κ2) is 6.71. The number of amides is 2. The lowest BCUT2D eigenvalue weighted by molar-refractivity contribution is -0.139. The van der Waals surface area contributed by atoms with Gasteiger partial charge in [0.15, 0.2) is 6.04 Å². The minimum absolute atomic E-state index is 0.128. The van der Waals surface area contributed by atoms with Crippen molar-refractivity contribution >= 4 is 23.3 Å². The van der Waals surface area contributed by atoms with Crippen LogP contribution in [0.15, 0.2) is 17.5 Å². The molecule has 110 valence electrons. The zero-order valence-corrected chi connectivity index (χ0v) is 12.0. The molecule has 1 aliphatic heterocycles. The molecule has 0 bridgehead atoms. The Hall–Kier alpha value is -1.60. The van der Waals surface area contributed by atoms with E-state index >= 15 is 0 Å². The predicted molar refractivity (Wildman–Crippen MR) is 74.8 cm³/mol. The number of rotatable bonds is 5. The topological polar surface area (TPSA) is 87.7 Å². The number of hydrogen-bond acceptors (Lipinski definition) is 4. The molecule has 1 aliphatic rings. The summed E-state index contributed by atoms with van der Waals surface area (Å²) in [6.07, 6.45) is 1.04. The lowest BCUT2D eigenvalue weighted by Gasteiger charge is -2.17. The van der Waals surface area contributed by atoms with Gasteiger partial charge in [-0.1, -0.05) is 6.07 Å². The summed E-state index contributed by atoms with van der Waals surface area (Å²) in [6.45, 7) is 3.18. The Bertz CT molecular complexity index is 463. The van der Waals surface area contributed by atoms with Crippen LogP contribution >= 0.6 is 11.3 Å². The summed E-state index contributed by atoms with van der Waals surface area (Å²) >= 11 is 1.30. The molecule has 1 fully saturated rings. The van der Waals surface area contributed by atoms with Crippen molar-refractivity contribution in [3.05, 3.63) is 22.4 Å². The molecule has 2 amide bonds. The van der Waals surface area contributed by atoms with Crippen molar-refractivity contribution in [1.82, 2.24) is 10.6 Å². The van der Waals surface area contributed by atoms with E-state index in [-0.39, 0.29) is 12.0 Å². The first-order valence-corrected chi connectivity index (χ1v) is 7.38. The molecular weight excluding hydrogens is 280 g/mol. The fraction of sp³-hybridized carbons (Fsp3) is 0.538. The Morgan fingerprint density at radius 2 is 2.40 bits per heavy atom. The number of ether oxygens (including phenoxy) is 1. The van der Waals surface area contributed by atoms with Crippen molar-refractivity contribution in [3.63, 3.8) is 0 Å². The third-order valence-electron chi connectivity index (χ3n) is 3.41. The zero-order valence-electron chi connectivity index (χ0n) is 11.2. The smallest absolute Gasteiger partial charge is 0.331 e. The number of urea groups is 1. The highest BCUT2D eigenvalue weighted by molar-refractivity contribution is 7.10. The highest BCUT2D eigenvalue weighted by Gasteiger charge is 2.26. The number of thiophene rings is 1. The Balaban J connectivity index is 1.84. The maximum atomic E-state index is 11.8. The molecule has 2 rings (SSSR count). The molecule has 7 heteroatoms. The molecule has 1 aromatic rings. The summed E-state index contributed by atoms with van der Waals surface area (Å²) in [5, 5.41) is 16.1. The van der Waals surface area contributed by atoms with Gasteiger partial charge < -0.3 is 20.5 Å². The van der Waals surface area contributed by atoms with Gasteiger partial charge in [0, 0.05) is 23.9 Å². The van der Waals surface area contributed by atoms with E-state index in [0.29, 0.717) is 18.0 Å². The second-order valence-corrected chi connectivity index (χ2v) is 5.74. The average molecular weight is 298 g/mol. The van der Waals surface area contributed by atoms with Gasteiger partial charge >= 0.3 is 12.0 Å². The fourth-order valence-corrected chi connectivity index (χ4v) is 2.93. The van der Waals surface area contributed by atoms with Gasteiger partial charge in [0.05, 0.1) is 6.10 Å². The van der Waals surface area contributed by atoms with E-state index in [1.807, 2.05) is 6.92 Å². The van der Waals surface area contributed by atoms with E-state index in [2.05, 4.69) is 10.6 Å². The van der Waals surface area contributed by atoms with Crippen molar-refractivity contribution in [3.8, 4) is 0 Å². The third-order valence-corrected chi connectivity index (χ3v) is 4.35. The quantitative estimate of drug-likeness (QED) is 0.770. The van der Waals surface area contributed by atoms with Gasteiger partial charge in [0.25, 0.3) is 0 Å².